The molecule has 1 aliphatic carbocycles. The lowest BCUT2D eigenvalue weighted by molar-refractivity contribution is 0.288. The molecule has 4 nitrogen and oxygen atoms in total. The number of aromatic nitrogens is 3. The highest BCUT2D eigenvalue weighted by molar-refractivity contribution is 7.99. The zero-order valence-corrected chi connectivity index (χ0v) is 12.2. The standard InChI is InChI=1S/C13H24N4S/c1-3-14-12(11-7-5-4-6-8-11)9-18-13-15-10-16-17(13)2/h10-12,14H,3-9H2,1-2H3. The van der Waals surface area contributed by atoms with Gasteiger partial charge in [-0.25, -0.2) is 9.67 Å². The fourth-order valence-corrected chi connectivity index (χ4v) is 3.82. The molecule has 1 N–H and O–H groups in total. The van der Waals surface area contributed by atoms with Gasteiger partial charge in [-0.05, 0) is 25.3 Å². The first kappa shape index (κ1) is 13.9. The summed E-state index contributed by atoms with van der Waals surface area (Å²) in [4.78, 5) is 4.28. The first-order valence-electron chi connectivity index (χ1n) is 7.01. The van der Waals surface area contributed by atoms with Gasteiger partial charge in [-0.15, -0.1) is 0 Å². The monoisotopic (exact) mass is 268 g/mol. The van der Waals surface area contributed by atoms with Crippen LogP contribution >= 0.6 is 11.8 Å². The normalized spacial score (nSPS) is 19.0. The van der Waals surface area contributed by atoms with Crippen molar-refractivity contribution >= 4 is 11.8 Å². The minimum absolute atomic E-state index is 0.622. The Morgan fingerprint density at radius 3 is 2.83 bits per heavy atom. The van der Waals surface area contributed by atoms with Crippen LogP contribution in [0, 0.1) is 5.92 Å². The molecule has 1 aliphatic rings. The first-order chi connectivity index (χ1) is 8.81. The van der Waals surface area contributed by atoms with Crippen molar-refractivity contribution < 1.29 is 0 Å². The number of aryl methyl sites for hydroxylation is 1. The number of thioether (sulfide) groups is 1. The second kappa shape index (κ2) is 7.14. The lowest BCUT2D eigenvalue weighted by Crippen LogP contribution is -2.39. The van der Waals surface area contributed by atoms with Crippen molar-refractivity contribution in [1.29, 1.82) is 0 Å². The minimum atomic E-state index is 0.622. The highest BCUT2D eigenvalue weighted by atomic mass is 32.2. The van der Waals surface area contributed by atoms with Gasteiger partial charge in [0.25, 0.3) is 0 Å². The number of hydrogen-bond acceptors (Lipinski definition) is 4. The smallest absolute Gasteiger partial charge is 0.185 e. The third kappa shape index (κ3) is 3.72. The zero-order chi connectivity index (χ0) is 12.8. The molecule has 1 heterocycles. The fraction of sp³-hybridized carbons (Fsp3) is 0.846. The molecule has 1 aromatic rings. The van der Waals surface area contributed by atoms with E-state index in [9.17, 15) is 0 Å². The lowest BCUT2D eigenvalue weighted by atomic mass is 9.84. The molecule has 5 heteroatoms. The number of nitrogens with one attached hydrogen (secondary N) is 1. The van der Waals surface area contributed by atoms with Crippen LogP contribution < -0.4 is 5.32 Å². The van der Waals surface area contributed by atoms with Gasteiger partial charge in [-0.2, -0.15) is 5.10 Å². The molecule has 1 unspecified atom stereocenters. The molecular formula is C13H24N4S. The molecule has 102 valence electrons. The van der Waals surface area contributed by atoms with Gasteiger partial charge >= 0.3 is 0 Å². The van der Waals surface area contributed by atoms with E-state index in [1.807, 2.05) is 23.5 Å². The molecule has 2 rings (SSSR count). The van der Waals surface area contributed by atoms with E-state index in [2.05, 4.69) is 22.3 Å². The van der Waals surface area contributed by atoms with Crippen LogP contribution in [0.5, 0.6) is 0 Å². The molecule has 0 amide bonds. The predicted molar refractivity (Wildman–Crippen MR) is 75.8 cm³/mol. The average molecular weight is 268 g/mol. The van der Waals surface area contributed by atoms with Crippen molar-refractivity contribution in [3.05, 3.63) is 6.33 Å². The van der Waals surface area contributed by atoms with Crippen molar-refractivity contribution in [3.63, 3.8) is 0 Å². The molecule has 0 aliphatic heterocycles. The molecular weight excluding hydrogens is 244 g/mol. The van der Waals surface area contributed by atoms with Crippen molar-refractivity contribution in [1.82, 2.24) is 20.1 Å². The van der Waals surface area contributed by atoms with Crippen LogP contribution in [-0.2, 0) is 7.05 Å². The van der Waals surface area contributed by atoms with E-state index in [0.717, 1.165) is 23.4 Å². The highest BCUT2D eigenvalue weighted by Crippen LogP contribution is 2.29. The van der Waals surface area contributed by atoms with Crippen molar-refractivity contribution in [2.75, 3.05) is 12.3 Å². The summed E-state index contributed by atoms with van der Waals surface area (Å²) in [6.45, 7) is 3.25. The molecule has 18 heavy (non-hydrogen) atoms. The van der Waals surface area contributed by atoms with E-state index < -0.39 is 0 Å². The molecule has 1 saturated carbocycles. The van der Waals surface area contributed by atoms with E-state index in [1.54, 1.807) is 6.33 Å². The third-order valence-corrected chi connectivity index (χ3v) is 4.90. The van der Waals surface area contributed by atoms with Crippen LogP contribution in [0.4, 0.5) is 0 Å². The summed E-state index contributed by atoms with van der Waals surface area (Å²) in [6.07, 6.45) is 8.63. The zero-order valence-electron chi connectivity index (χ0n) is 11.4. The molecule has 1 aromatic heterocycles. The Kier molecular flexibility index (Phi) is 5.50. The Morgan fingerprint density at radius 1 is 1.44 bits per heavy atom. The lowest BCUT2D eigenvalue weighted by Gasteiger charge is -2.30. The fourth-order valence-electron chi connectivity index (χ4n) is 2.74. The Balaban J connectivity index is 1.87. The van der Waals surface area contributed by atoms with Gasteiger partial charge in [-0.1, -0.05) is 37.9 Å². The van der Waals surface area contributed by atoms with Crippen molar-refractivity contribution in [2.24, 2.45) is 13.0 Å². The number of nitrogens with zero attached hydrogens (tertiary/aromatic N) is 3. The average Bonchev–Trinajstić information content (AvgIpc) is 2.81. The highest BCUT2D eigenvalue weighted by Gasteiger charge is 2.23. The maximum atomic E-state index is 4.28. The summed E-state index contributed by atoms with van der Waals surface area (Å²) in [5.41, 5.74) is 0. The minimum Gasteiger partial charge on any atom is -0.313 e. The predicted octanol–water partition coefficient (Wildman–Crippen LogP) is 2.47. The second-order valence-corrected chi connectivity index (χ2v) is 6.03. The summed E-state index contributed by atoms with van der Waals surface area (Å²) in [7, 11) is 1.96. The van der Waals surface area contributed by atoms with Gasteiger partial charge in [0.1, 0.15) is 6.33 Å². The van der Waals surface area contributed by atoms with Crippen molar-refractivity contribution in [2.45, 2.75) is 50.2 Å². The number of hydrogen-bond donors (Lipinski definition) is 1. The van der Waals surface area contributed by atoms with E-state index in [1.165, 1.54) is 32.1 Å². The van der Waals surface area contributed by atoms with Gasteiger partial charge in [0.2, 0.25) is 0 Å². The van der Waals surface area contributed by atoms with Crippen LogP contribution in [0.2, 0.25) is 0 Å². The maximum Gasteiger partial charge on any atom is 0.185 e. The topological polar surface area (TPSA) is 42.7 Å². The Labute approximate surface area is 114 Å². The third-order valence-electron chi connectivity index (χ3n) is 3.75. The van der Waals surface area contributed by atoms with Crippen LogP contribution in [0.1, 0.15) is 39.0 Å². The molecule has 0 bridgehead atoms. The van der Waals surface area contributed by atoms with E-state index in [0.29, 0.717) is 6.04 Å². The summed E-state index contributed by atoms with van der Waals surface area (Å²) in [6, 6.07) is 0.622. The van der Waals surface area contributed by atoms with Crippen LogP contribution in [0.3, 0.4) is 0 Å². The Morgan fingerprint density at radius 2 is 2.22 bits per heavy atom. The first-order valence-corrected chi connectivity index (χ1v) is 8.00. The maximum absolute atomic E-state index is 4.28. The van der Waals surface area contributed by atoms with Gasteiger partial charge in [0.05, 0.1) is 0 Å². The molecule has 0 spiro atoms. The molecule has 0 radical (unpaired) electrons. The van der Waals surface area contributed by atoms with Crippen LogP contribution in [-0.4, -0.2) is 33.1 Å². The molecule has 1 fully saturated rings. The molecule has 0 aromatic carbocycles. The largest absolute Gasteiger partial charge is 0.313 e. The Hall–Kier alpha value is -0.550. The van der Waals surface area contributed by atoms with Gasteiger partial charge < -0.3 is 5.32 Å². The summed E-state index contributed by atoms with van der Waals surface area (Å²) in [5.74, 6) is 1.95. The van der Waals surface area contributed by atoms with E-state index >= 15 is 0 Å². The van der Waals surface area contributed by atoms with Gasteiger partial charge in [0, 0.05) is 18.8 Å². The Bertz CT molecular complexity index is 347. The summed E-state index contributed by atoms with van der Waals surface area (Å²) < 4.78 is 1.86. The number of rotatable bonds is 6. The van der Waals surface area contributed by atoms with Crippen molar-refractivity contribution in [3.8, 4) is 0 Å². The van der Waals surface area contributed by atoms with Crippen LogP contribution in [0.25, 0.3) is 0 Å². The quantitative estimate of drug-likeness (QED) is 0.805. The molecule has 0 saturated heterocycles. The second-order valence-electron chi connectivity index (χ2n) is 5.04. The SMILES string of the molecule is CCNC(CSc1ncnn1C)C1CCCCC1. The summed E-state index contributed by atoms with van der Waals surface area (Å²) in [5, 5.41) is 8.80. The summed E-state index contributed by atoms with van der Waals surface area (Å²) >= 11 is 1.82. The van der Waals surface area contributed by atoms with Crippen LogP contribution in [0.15, 0.2) is 11.5 Å². The van der Waals surface area contributed by atoms with Gasteiger partial charge in [-0.3, -0.25) is 0 Å². The van der Waals surface area contributed by atoms with Gasteiger partial charge in [0.15, 0.2) is 5.16 Å². The molecule has 1 atom stereocenters. The van der Waals surface area contributed by atoms with E-state index in [4.69, 9.17) is 0 Å². The van der Waals surface area contributed by atoms with E-state index in [-0.39, 0.29) is 0 Å².